The summed E-state index contributed by atoms with van der Waals surface area (Å²) in [6.07, 6.45) is 0. The summed E-state index contributed by atoms with van der Waals surface area (Å²) in [6, 6.07) is 13.0. The summed E-state index contributed by atoms with van der Waals surface area (Å²) >= 11 is 5.81. The zero-order valence-electron chi connectivity index (χ0n) is 11.9. The molecule has 102 valence electrons. The van der Waals surface area contributed by atoms with Crippen LogP contribution in [0.15, 0.2) is 42.5 Å². The van der Waals surface area contributed by atoms with Crippen molar-refractivity contribution < 1.29 is 4.74 Å². The topological polar surface area (TPSA) is 22.1 Å². The van der Waals surface area contributed by atoms with E-state index < -0.39 is 0 Å². The van der Waals surface area contributed by atoms with E-state index in [0.29, 0.717) is 16.8 Å². The zero-order chi connectivity index (χ0) is 14.3. The van der Waals surface area contributed by atoms with Gasteiger partial charge in [0.25, 0.3) is 0 Å². The van der Waals surface area contributed by atoms with E-state index in [2.05, 4.69) is 18.8 Å². The molecule has 0 aliphatic carbocycles. The second-order valence-electron chi connectivity index (χ2n) is 4.11. The van der Waals surface area contributed by atoms with Crippen molar-refractivity contribution in [1.29, 1.82) is 0 Å². The number of halogens is 1. The molecule has 0 radical (unpaired) electrons. The fourth-order valence-corrected chi connectivity index (χ4v) is 1.56. The van der Waals surface area contributed by atoms with Crippen LogP contribution in [0.2, 0.25) is 5.02 Å². The Hall–Kier alpha value is -1.54. The maximum absolute atomic E-state index is 5.81. The predicted molar refractivity (Wildman–Crippen MR) is 81.2 cm³/mol. The quantitative estimate of drug-likeness (QED) is 0.720. The van der Waals surface area contributed by atoms with E-state index in [4.69, 9.17) is 16.3 Å². The Morgan fingerprint density at radius 1 is 1.00 bits per heavy atom. The van der Waals surface area contributed by atoms with Crippen molar-refractivity contribution in [2.75, 3.05) is 0 Å². The first kappa shape index (κ1) is 15.5. The summed E-state index contributed by atoms with van der Waals surface area (Å²) in [5, 5.41) is 0.696. The highest BCUT2D eigenvalue weighted by Gasteiger charge is 2.03. The minimum Gasteiger partial charge on any atom is -0.439 e. The van der Waals surface area contributed by atoms with Crippen LogP contribution in [0.4, 0.5) is 0 Å². The van der Waals surface area contributed by atoms with Gasteiger partial charge in [0.2, 0.25) is 5.88 Å². The van der Waals surface area contributed by atoms with E-state index in [1.165, 1.54) is 0 Å². The van der Waals surface area contributed by atoms with E-state index >= 15 is 0 Å². The molecule has 0 unspecified atom stereocenters. The van der Waals surface area contributed by atoms with Gasteiger partial charge in [-0.1, -0.05) is 45.4 Å². The van der Waals surface area contributed by atoms with Crippen molar-refractivity contribution in [2.45, 2.75) is 33.6 Å². The molecule has 1 aromatic carbocycles. The van der Waals surface area contributed by atoms with Crippen LogP contribution in [0.1, 0.15) is 39.3 Å². The van der Waals surface area contributed by atoms with E-state index in [1.54, 1.807) is 12.1 Å². The van der Waals surface area contributed by atoms with Crippen LogP contribution in [0.5, 0.6) is 11.6 Å². The minimum atomic E-state index is 0.392. The molecule has 3 heteroatoms. The Bertz CT molecular complexity index is 494. The van der Waals surface area contributed by atoms with E-state index in [1.807, 2.05) is 44.2 Å². The average Bonchev–Trinajstić information content (AvgIpc) is 2.44. The third-order valence-electron chi connectivity index (χ3n) is 2.37. The first-order chi connectivity index (χ1) is 9.15. The summed E-state index contributed by atoms with van der Waals surface area (Å²) in [4.78, 5) is 4.43. The highest BCUT2D eigenvalue weighted by Crippen LogP contribution is 2.23. The lowest BCUT2D eigenvalue weighted by molar-refractivity contribution is 0.459. The Morgan fingerprint density at radius 3 is 2.21 bits per heavy atom. The molecule has 2 rings (SSSR count). The van der Waals surface area contributed by atoms with Gasteiger partial charge in [-0.25, -0.2) is 4.98 Å². The molecule has 0 N–H and O–H groups in total. The minimum absolute atomic E-state index is 0.392. The summed E-state index contributed by atoms with van der Waals surface area (Å²) < 4.78 is 5.65. The fraction of sp³-hybridized carbons (Fsp3) is 0.312. The largest absolute Gasteiger partial charge is 0.439 e. The first-order valence-electron chi connectivity index (χ1n) is 6.55. The van der Waals surface area contributed by atoms with Crippen LogP contribution in [0.25, 0.3) is 0 Å². The van der Waals surface area contributed by atoms with Gasteiger partial charge in [0.1, 0.15) is 5.75 Å². The molecule has 1 aromatic heterocycles. The van der Waals surface area contributed by atoms with Crippen molar-refractivity contribution in [1.82, 2.24) is 4.98 Å². The molecule has 0 amide bonds. The van der Waals surface area contributed by atoms with Gasteiger partial charge < -0.3 is 4.74 Å². The molecule has 1 heterocycles. The molecule has 0 aliphatic rings. The third kappa shape index (κ3) is 4.92. The van der Waals surface area contributed by atoms with E-state index in [9.17, 15) is 0 Å². The molecule has 0 fully saturated rings. The van der Waals surface area contributed by atoms with Crippen LogP contribution in [0, 0.1) is 0 Å². The van der Waals surface area contributed by atoms with Crippen LogP contribution >= 0.6 is 11.6 Å². The maximum atomic E-state index is 5.81. The second-order valence-corrected chi connectivity index (χ2v) is 4.55. The molecule has 2 aromatic rings. The number of pyridine rings is 1. The van der Waals surface area contributed by atoms with Gasteiger partial charge in [0, 0.05) is 16.8 Å². The van der Waals surface area contributed by atoms with Crippen molar-refractivity contribution >= 4 is 11.6 Å². The number of ether oxygens (including phenoxy) is 1. The summed E-state index contributed by atoms with van der Waals surface area (Å²) in [5.41, 5.74) is 1.02. The highest BCUT2D eigenvalue weighted by atomic mass is 35.5. The zero-order valence-corrected chi connectivity index (χ0v) is 12.6. The molecule has 2 nitrogen and oxygen atoms in total. The van der Waals surface area contributed by atoms with Gasteiger partial charge in [-0.15, -0.1) is 0 Å². The smallest absolute Gasteiger partial charge is 0.219 e. The number of aromatic nitrogens is 1. The molecule has 0 saturated heterocycles. The number of rotatable bonds is 3. The van der Waals surface area contributed by atoms with E-state index in [-0.39, 0.29) is 0 Å². The standard InChI is InChI=1S/C14H14ClNO.C2H6/c1-10(2)13-4-3-5-14(16-13)17-12-8-6-11(15)7-9-12;1-2/h3-10H,1-2H3;1-2H3. The monoisotopic (exact) mass is 277 g/mol. The van der Waals surface area contributed by atoms with E-state index in [0.717, 1.165) is 11.4 Å². The second kappa shape index (κ2) is 7.80. The number of nitrogens with zero attached hydrogens (tertiary/aromatic N) is 1. The summed E-state index contributed by atoms with van der Waals surface area (Å²) in [6.45, 7) is 8.21. The molecular weight excluding hydrogens is 258 g/mol. The maximum Gasteiger partial charge on any atom is 0.219 e. The van der Waals surface area contributed by atoms with Gasteiger partial charge in [-0.2, -0.15) is 0 Å². The van der Waals surface area contributed by atoms with Gasteiger partial charge >= 0.3 is 0 Å². The molecule has 0 atom stereocenters. The Morgan fingerprint density at radius 2 is 1.63 bits per heavy atom. The predicted octanol–water partition coefficient (Wildman–Crippen LogP) is 5.68. The molecular formula is C16H20ClNO. The lowest BCUT2D eigenvalue weighted by Gasteiger charge is -2.08. The lowest BCUT2D eigenvalue weighted by Crippen LogP contribution is -1.94. The van der Waals surface area contributed by atoms with Gasteiger partial charge in [0.15, 0.2) is 0 Å². The Balaban J connectivity index is 0.000000861. The molecule has 0 saturated carbocycles. The Labute approximate surface area is 120 Å². The van der Waals surface area contributed by atoms with Crippen LogP contribution in [-0.2, 0) is 0 Å². The number of hydrogen-bond acceptors (Lipinski definition) is 2. The van der Waals surface area contributed by atoms with Crippen LogP contribution in [-0.4, -0.2) is 4.98 Å². The normalized spacial score (nSPS) is 9.79. The highest BCUT2D eigenvalue weighted by molar-refractivity contribution is 6.30. The van der Waals surface area contributed by atoms with Crippen LogP contribution < -0.4 is 4.74 Å². The van der Waals surface area contributed by atoms with Crippen molar-refractivity contribution in [3.05, 3.63) is 53.2 Å². The number of hydrogen-bond donors (Lipinski definition) is 0. The molecule has 0 spiro atoms. The lowest BCUT2D eigenvalue weighted by atomic mass is 10.1. The average molecular weight is 278 g/mol. The summed E-state index contributed by atoms with van der Waals surface area (Å²) in [7, 11) is 0. The van der Waals surface area contributed by atoms with Gasteiger partial charge in [-0.3, -0.25) is 0 Å². The Kier molecular flexibility index (Phi) is 6.37. The van der Waals surface area contributed by atoms with Crippen molar-refractivity contribution in [3.8, 4) is 11.6 Å². The van der Waals surface area contributed by atoms with Gasteiger partial charge in [-0.05, 0) is 36.2 Å². The van der Waals surface area contributed by atoms with Crippen molar-refractivity contribution in [3.63, 3.8) is 0 Å². The third-order valence-corrected chi connectivity index (χ3v) is 2.62. The van der Waals surface area contributed by atoms with Crippen molar-refractivity contribution in [2.24, 2.45) is 0 Å². The fourth-order valence-electron chi connectivity index (χ4n) is 1.43. The first-order valence-corrected chi connectivity index (χ1v) is 6.93. The molecule has 0 aliphatic heterocycles. The summed E-state index contributed by atoms with van der Waals surface area (Å²) in [5.74, 6) is 1.74. The van der Waals surface area contributed by atoms with Crippen LogP contribution in [0.3, 0.4) is 0 Å². The molecule has 0 bridgehead atoms. The number of benzene rings is 1. The SMILES string of the molecule is CC.CC(C)c1cccc(Oc2ccc(Cl)cc2)n1. The van der Waals surface area contributed by atoms with Gasteiger partial charge in [0.05, 0.1) is 0 Å². The molecule has 19 heavy (non-hydrogen) atoms.